The summed E-state index contributed by atoms with van der Waals surface area (Å²) < 4.78 is 1.74. The Bertz CT molecular complexity index is 1900. The van der Waals surface area contributed by atoms with Gasteiger partial charge in [0.25, 0.3) is 11.6 Å². The lowest BCUT2D eigenvalue weighted by atomic mass is 10.0. The van der Waals surface area contributed by atoms with Crippen LogP contribution in [0.4, 0.5) is 17.2 Å². The fourth-order valence-corrected chi connectivity index (χ4v) is 4.92. The van der Waals surface area contributed by atoms with Crippen LogP contribution in [-0.4, -0.2) is 31.3 Å². The second-order valence-electron chi connectivity index (χ2n) is 9.98. The number of para-hydroxylation sites is 1. The highest BCUT2D eigenvalue weighted by molar-refractivity contribution is 6.01. The lowest BCUT2D eigenvalue weighted by Gasteiger charge is -2.18. The zero-order valence-corrected chi connectivity index (χ0v) is 23.2. The molecule has 0 aliphatic heterocycles. The molecule has 0 bridgehead atoms. The molecule has 3 N–H and O–H groups in total. The van der Waals surface area contributed by atoms with E-state index in [1.165, 1.54) is 24.3 Å². The number of carboxylic acid groups (broad SMARTS) is 1. The first-order valence-corrected chi connectivity index (χ1v) is 13.3. The Labute approximate surface area is 246 Å². The molecule has 43 heavy (non-hydrogen) atoms. The number of hydrogen-bond donors (Lipinski definition) is 3. The van der Waals surface area contributed by atoms with Crippen molar-refractivity contribution in [1.29, 1.82) is 5.26 Å². The number of anilines is 2. The second kappa shape index (κ2) is 11.8. The van der Waals surface area contributed by atoms with Crippen molar-refractivity contribution in [2.45, 2.75) is 26.3 Å². The summed E-state index contributed by atoms with van der Waals surface area (Å²) in [5.74, 6) is -1.19. The van der Waals surface area contributed by atoms with Gasteiger partial charge in [-0.2, -0.15) is 5.26 Å². The highest BCUT2D eigenvalue weighted by atomic mass is 16.6. The Kier molecular flexibility index (Phi) is 7.85. The molecule has 11 nitrogen and oxygen atoms in total. The monoisotopic (exact) mass is 574 g/mol. The number of amides is 1. The summed E-state index contributed by atoms with van der Waals surface area (Å²) in [5.41, 5.74) is 5.17. The predicted molar refractivity (Wildman–Crippen MR) is 160 cm³/mol. The maximum atomic E-state index is 13.7. The van der Waals surface area contributed by atoms with Crippen LogP contribution in [0.1, 0.15) is 45.1 Å². The first kappa shape index (κ1) is 28.5. The van der Waals surface area contributed by atoms with Gasteiger partial charge in [0.15, 0.2) is 5.65 Å². The van der Waals surface area contributed by atoms with Crippen LogP contribution in [0.5, 0.6) is 0 Å². The largest absolute Gasteiger partial charge is 0.481 e. The zero-order valence-electron chi connectivity index (χ0n) is 23.2. The number of hydrogen-bond acceptors (Lipinski definition) is 7. The number of nitrogens with one attached hydrogen (secondary N) is 2. The van der Waals surface area contributed by atoms with Gasteiger partial charge in [-0.15, -0.1) is 0 Å². The van der Waals surface area contributed by atoms with Gasteiger partial charge in [-0.3, -0.25) is 24.1 Å². The standard InChI is InChI=1S/C32H26N6O5/c1-19-6-3-7-20(2)28(19)35-31-29(22-13-11-21(18-33)12-14-22)36-30-25(10-5-15-37(30)31)32(41)34-26(17-27(39)40)23-8-4-9-24(16-23)38(42)43/h3-16,26,35H,17H2,1-2H3,(H,34,41)(H,39,40). The van der Waals surface area contributed by atoms with Gasteiger partial charge in [-0.25, -0.2) is 4.98 Å². The number of carbonyl (C=O) groups is 2. The van der Waals surface area contributed by atoms with Crippen LogP contribution in [0.25, 0.3) is 16.9 Å². The first-order valence-electron chi connectivity index (χ1n) is 13.3. The van der Waals surface area contributed by atoms with E-state index in [1.54, 1.807) is 47.0 Å². The summed E-state index contributed by atoms with van der Waals surface area (Å²) in [6, 6.07) is 22.7. The molecule has 11 heteroatoms. The van der Waals surface area contributed by atoms with E-state index < -0.39 is 29.3 Å². The molecule has 0 saturated carbocycles. The van der Waals surface area contributed by atoms with Gasteiger partial charge in [0.05, 0.1) is 34.6 Å². The van der Waals surface area contributed by atoms with Crippen LogP contribution < -0.4 is 10.6 Å². The van der Waals surface area contributed by atoms with Crippen molar-refractivity contribution in [2.24, 2.45) is 0 Å². The summed E-state index contributed by atoms with van der Waals surface area (Å²) in [4.78, 5) is 41.0. The molecule has 0 aliphatic rings. The third-order valence-electron chi connectivity index (χ3n) is 7.07. The molecular formula is C32H26N6O5. The number of aromatic nitrogens is 2. The number of nitriles is 1. The van der Waals surface area contributed by atoms with Crippen LogP contribution >= 0.6 is 0 Å². The SMILES string of the molecule is Cc1cccc(C)c1Nc1c(-c2ccc(C#N)cc2)nc2c(C(=O)NC(CC(=O)O)c3cccc([N+](=O)[O-])c3)cccn12. The van der Waals surface area contributed by atoms with Gasteiger partial charge in [-0.05, 0) is 54.8 Å². The minimum absolute atomic E-state index is 0.174. The number of rotatable bonds is 9. The predicted octanol–water partition coefficient (Wildman–Crippen LogP) is 6.09. The van der Waals surface area contributed by atoms with Crippen LogP contribution in [0.15, 0.2) is 85.1 Å². The van der Waals surface area contributed by atoms with Crippen molar-refractivity contribution in [3.8, 4) is 17.3 Å². The summed E-state index contributed by atoms with van der Waals surface area (Å²) in [5, 5.41) is 36.4. The van der Waals surface area contributed by atoms with E-state index in [9.17, 15) is 30.1 Å². The Morgan fingerprint density at radius 2 is 1.74 bits per heavy atom. The van der Waals surface area contributed by atoms with E-state index in [0.29, 0.717) is 28.3 Å². The Morgan fingerprint density at radius 1 is 1.05 bits per heavy atom. The van der Waals surface area contributed by atoms with Crippen molar-refractivity contribution in [3.63, 3.8) is 0 Å². The van der Waals surface area contributed by atoms with Crippen LogP contribution in [0.2, 0.25) is 0 Å². The number of fused-ring (bicyclic) bond motifs is 1. The molecular weight excluding hydrogens is 548 g/mol. The third kappa shape index (κ3) is 5.89. The molecule has 3 aromatic carbocycles. The number of carboxylic acids is 1. The van der Waals surface area contributed by atoms with Crippen molar-refractivity contribution in [3.05, 3.63) is 123 Å². The van der Waals surface area contributed by atoms with Gasteiger partial charge < -0.3 is 15.7 Å². The second-order valence-corrected chi connectivity index (χ2v) is 9.98. The molecule has 0 radical (unpaired) electrons. The number of non-ortho nitro benzene ring substituents is 1. The molecule has 5 aromatic rings. The summed E-state index contributed by atoms with van der Waals surface area (Å²) in [6.07, 6.45) is 1.28. The molecule has 1 amide bonds. The molecule has 1 unspecified atom stereocenters. The van der Waals surface area contributed by atoms with Crippen LogP contribution in [0.3, 0.4) is 0 Å². The Hall–Kier alpha value is -6.02. The first-order chi connectivity index (χ1) is 20.7. The van der Waals surface area contributed by atoms with Gasteiger partial charge in [0.1, 0.15) is 11.5 Å². The maximum Gasteiger partial charge on any atom is 0.305 e. The van der Waals surface area contributed by atoms with Gasteiger partial charge in [0, 0.05) is 29.6 Å². The molecule has 2 aromatic heterocycles. The zero-order chi connectivity index (χ0) is 30.7. The van der Waals surface area contributed by atoms with E-state index in [2.05, 4.69) is 16.7 Å². The lowest BCUT2D eigenvalue weighted by Crippen LogP contribution is -2.30. The van der Waals surface area contributed by atoms with Gasteiger partial charge in [0.2, 0.25) is 0 Å². The number of nitro benzene ring substituents is 1. The average molecular weight is 575 g/mol. The molecule has 0 aliphatic carbocycles. The number of imidazole rings is 1. The average Bonchev–Trinajstić information content (AvgIpc) is 3.37. The quantitative estimate of drug-likeness (QED) is 0.141. The van der Waals surface area contributed by atoms with Gasteiger partial charge in [-0.1, -0.05) is 42.5 Å². The van der Waals surface area contributed by atoms with E-state index >= 15 is 0 Å². The normalized spacial score (nSPS) is 11.5. The van der Waals surface area contributed by atoms with Crippen molar-refractivity contribution in [1.82, 2.24) is 14.7 Å². The number of aliphatic carboxylic acids is 1. The van der Waals surface area contributed by atoms with Crippen molar-refractivity contribution >= 4 is 34.7 Å². The number of nitro groups is 1. The van der Waals surface area contributed by atoms with E-state index in [1.807, 2.05) is 32.0 Å². The molecule has 0 saturated heterocycles. The van der Waals surface area contributed by atoms with Gasteiger partial charge >= 0.3 is 5.97 Å². The van der Waals surface area contributed by atoms with Crippen molar-refractivity contribution < 1.29 is 19.6 Å². The topological polar surface area (TPSA) is 163 Å². The lowest BCUT2D eigenvalue weighted by molar-refractivity contribution is -0.384. The van der Waals surface area contributed by atoms with Crippen molar-refractivity contribution in [2.75, 3.05) is 5.32 Å². The summed E-state index contributed by atoms with van der Waals surface area (Å²) >= 11 is 0. The third-order valence-corrected chi connectivity index (χ3v) is 7.07. The molecule has 0 fully saturated rings. The smallest absolute Gasteiger partial charge is 0.305 e. The number of aryl methyl sites for hydroxylation is 2. The fraction of sp³-hybridized carbons (Fsp3) is 0.125. The number of nitrogens with zero attached hydrogens (tertiary/aromatic N) is 4. The summed E-state index contributed by atoms with van der Waals surface area (Å²) in [6.45, 7) is 3.96. The highest BCUT2D eigenvalue weighted by Gasteiger charge is 2.25. The van der Waals surface area contributed by atoms with Crippen LogP contribution in [-0.2, 0) is 4.79 Å². The number of pyridine rings is 1. The fourth-order valence-electron chi connectivity index (χ4n) is 4.92. The van der Waals surface area contributed by atoms with E-state index in [-0.39, 0.29) is 16.8 Å². The van der Waals surface area contributed by atoms with Crippen LogP contribution in [0, 0.1) is 35.3 Å². The molecule has 5 rings (SSSR count). The Balaban J connectivity index is 1.61. The van der Waals surface area contributed by atoms with E-state index in [0.717, 1.165) is 16.8 Å². The van der Waals surface area contributed by atoms with E-state index in [4.69, 9.17) is 4.98 Å². The Morgan fingerprint density at radius 3 is 2.40 bits per heavy atom. The number of benzene rings is 3. The highest BCUT2D eigenvalue weighted by Crippen LogP contribution is 2.34. The molecule has 2 heterocycles. The molecule has 214 valence electrons. The molecule has 1 atom stereocenters. The molecule has 0 spiro atoms. The summed E-state index contributed by atoms with van der Waals surface area (Å²) in [7, 11) is 0. The minimum atomic E-state index is -1.18. The minimum Gasteiger partial charge on any atom is -0.481 e. The maximum absolute atomic E-state index is 13.7. The number of carbonyl (C=O) groups excluding carboxylic acids is 1.